The van der Waals surface area contributed by atoms with Crippen LogP contribution in [0, 0.1) is 19.7 Å². The average Bonchev–Trinajstić information content (AvgIpc) is 3.00. The topological polar surface area (TPSA) is 88.3 Å². The van der Waals surface area contributed by atoms with Crippen molar-refractivity contribution in [1.29, 1.82) is 0 Å². The number of hydrogen-bond acceptors (Lipinski definition) is 5. The summed E-state index contributed by atoms with van der Waals surface area (Å²) in [4.78, 5) is 4.53. The first-order valence-corrected chi connectivity index (χ1v) is 11.8. The molecule has 3 heterocycles. The van der Waals surface area contributed by atoms with Gasteiger partial charge in [-0.3, -0.25) is 0 Å². The minimum absolute atomic E-state index is 0.0641. The van der Waals surface area contributed by atoms with Crippen LogP contribution in [0.4, 0.5) is 10.2 Å². The van der Waals surface area contributed by atoms with Crippen LogP contribution in [0.2, 0.25) is 0 Å². The number of halogens is 1. The van der Waals surface area contributed by atoms with Gasteiger partial charge in [-0.1, -0.05) is 17.7 Å². The van der Waals surface area contributed by atoms with E-state index in [2.05, 4.69) is 10.1 Å². The third kappa shape index (κ3) is 3.54. The van der Waals surface area contributed by atoms with E-state index >= 15 is 0 Å². The van der Waals surface area contributed by atoms with Crippen LogP contribution in [0.15, 0.2) is 65.7 Å². The summed E-state index contributed by atoms with van der Waals surface area (Å²) in [5.41, 5.74) is 3.39. The molecule has 0 aliphatic carbocycles. The average molecular weight is 465 g/mol. The Hall–Kier alpha value is -3.72. The first-order valence-electron chi connectivity index (χ1n) is 10.4. The molecule has 0 unspecified atom stereocenters. The van der Waals surface area contributed by atoms with Gasteiger partial charge >= 0.3 is 0 Å². The van der Waals surface area contributed by atoms with E-state index < -0.39 is 15.8 Å². The van der Waals surface area contributed by atoms with Crippen molar-refractivity contribution in [3.05, 3.63) is 83.3 Å². The predicted octanol–water partition coefficient (Wildman–Crippen LogP) is 4.15. The summed E-state index contributed by atoms with van der Waals surface area (Å²) < 4.78 is 43.5. The second kappa shape index (κ2) is 7.70. The molecule has 4 aromatic rings. The van der Waals surface area contributed by atoms with Crippen molar-refractivity contribution in [1.82, 2.24) is 14.8 Å². The third-order valence-corrected chi connectivity index (χ3v) is 7.48. The zero-order valence-corrected chi connectivity index (χ0v) is 18.8. The number of anilines is 1. The summed E-state index contributed by atoms with van der Waals surface area (Å²) in [7, 11) is -3.89. The van der Waals surface area contributed by atoms with Crippen LogP contribution in [-0.4, -0.2) is 34.8 Å². The maximum Gasteiger partial charge on any atom is 0.265 e. The van der Waals surface area contributed by atoms with Crippen LogP contribution in [0.5, 0.6) is 5.88 Å². The number of nitrogens with zero attached hydrogens (tertiary/aromatic N) is 4. The highest BCUT2D eigenvalue weighted by atomic mass is 32.2. The number of sulfonamides is 1. The fourth-order valence-electron chi connectivity index (χ4n) is 4.08. The number of benzene rings is 2. The summed E-state index contributed by atoms with van der Waals surface area (Å²) in [6, 6.07) is 14.4. The molecule has 2 aromatic heterocycles. The van der Waals surface area contributed by atoms with Crippen molar-refractivity contribution >= 4 is 15.8 Å². The van der Waals surface area contributed by atoms with Crippen LogP contribution in [0.3, 0.4) is 0 Å². The van der Waals surface area contributed by atoms with E-state index in [-0.39, 0.29) is 29.6 Å². The number of hydrogen-bond donors (Lipinski definition) is 1. The quantitative estimate of drug-likeness (QED) is 0.492. The zero-order valence-electron chi connectivity index (χ0n) is 18.0. The van der Waals surface area contributed by atoms with Gasteiger partial charge < -0.3 is 5.11 Å². The normalized spacial score (nSPS) is 13.4. The van der Waals surface area contributed by atoms with Gasteiger partial charge in [0.25, 0.3) is 10.0 Å². The smallest absolute Gasteiger partial charge is 0.265 e. The number of aryl methyl sites for hydroxylation is 2. The monoisotopic (exact) mass is 464 g/mol. The van der Waals surface area contributed by atoms with Crippen molar-refractivity contribution in [2.45, 2.75) is 25.2 Å². The van der Waals surface area contributed by atoms with Crippen LogP contribution in [-0.2, 0) is 16.4 Å². The van der Waals surface area contributed by atoms with E-state index in [1.807, 2.05) is 6.92 Å². The molecule has 1 aliphatic heterocycles. The van der Waals surface area contributed by atoms with E-state index in [1.165, 1.54) is 27.3 Å². The molecule has 0 saturated carbocycles. The molecule has 0 saturated heterocycles. The Morgan fingerprint density at radius 1 is 1.03 bits per heavy atom. The lowest BCUT2D eigenvalue weighted by Gasteiger charge is -2.23. The van der Waals surface area contributed by atoms with E-state index in [1.54, 1.807) is 49.4 Å². The molecule has 1 aliphatic rings. The number of aromatic nitrogens is 3. The van der Waals surface area contributed by atoms with Gasteiger partial charge in [-0.05, 0) is 68.3 Å². The van der Waals surface area contributed by atoms with Gasteiger partial charge in [0.2, 0.25) is 5.88 Å². The predicted molar refractivity (Wildman–Crippen MR) is 123 cm³/mol. The molecule has 0 atom stereocenters. The zero-order chi connectivity index (χ0) is 23.3. The molecular formula is C24H21FN4O3S. The van der Waals surface area contributed by atoms with Crippen molar-refractivity contribution in [2.24, 2.45) is 0 Å². The number of fused-ring (bicyclic) bond motifs is 3. The van der Waals surface area contributed by atoms with Gasteiger partial charge in [-0.25, -0.2) is 26.8 Å². The Balaban J connectivity index is 1.66. The standard InChI is InChI=1S/C24H21FN4O3S/c1-15-5-7-19(8-6-15)33(31,32)28-11-9-21-22(20-4-3-10-26-23(20)28)27-29(24(21)30)18-13-16(2)12-17(25)14-18/h3-8,10,12-14,30H,9,11H2,1-2H3. The van der Waals surface area contributed by atoms with E-state index in [4.69, 9.17) is 0 Å². The molecule has 2 aromatic carbocycles. The Morgan fingerprint density at radius 2 is 1.79 bits per heavy atom. The molecule has 7 nitrogen and oxygen atoms in total. The summed E-state index contributed by atoms with van der Waals surface area (Å²) in [6.07, 6.45) is 1.73. The molecule has 0 bridgehead atoms. The van der Waals surface area contributed by atoms with Crippen molar-refractivity contribution < 1.29 is 17.9 Å². The molecule has 168 valence electrons. The van der Waals surface area contributed by atoms with Crippen LogP contribution < -0.4 is 4.31 Å². The fourth-order valence-corrected chi connectivity index (χ4v) is 5.52. The number of aromatic hydroxyl groups is 1. The fraction of sp³-hybridized carbons (Fsp3) is 0.167. The van der Waals surface area contributed by atoms with Gasteiger partial charge in [-0.15, -0.1) is 0 Å². The second-order valence-corrected chi connectivity index (χ2v) is 9.93. The molecule has 0 fully saturated rings. The highest BCUT2D eigenvalue weighted by Gasteiger charge is 2.34. The Bertz CT molecular complexity index is 1460. The van der Waals surface area contributed by atoms with Gasteiger partial charge in [0.15, 0.2) is 5.82 Å². The lowest BCUT2D eigenvalue weighted by Crippen LogP contribution is -2.33. The first kappa shape index (κ1) is 21.1. The second-order valence-electron chi connectivity index (χ2n) is 8.06. The van der Waals surface area contributed by atoms with Gasteiger partial charge in [0.1, 0.15) is 11.5 Å². The molecule has 33 heavy (non-hydrogen) atoms. The maximum atomic E-state index is 14.0. The highest BCUT2D eigenvalue weighted by Crippen LogP contribution is 2.40. The molecule has 0 radical (unpaired) electrons. The lowest BCUT2D eigenvalue weighted by molar-refractivity contribution is 0.427. The van der Waals surface area contributed by atoms with E-state index in [0.717, 1.165) is 5.56 Å². The molecule has 0 spiro atoms. The van der Waals surface area contributed by atoms with Crippen molar-refractivity contribution in [3.63, 3.8) is 0 Å². The lowest BCUT2D eigenvalue weighted by atomic mass is 10.1. The SMILES string of the molecule is Cc1ccc(S(=O)(=O)N2CCc3c(nn(-c4cc(C)cc(F)c4)c3O)-c3cccnc32)cc1. The van der Waals surface area contributed by atoms with E-state index in [9.17, 15) is 17.9 Å². The van der Waals surface area contributed by atoms with Crippen LogP contribution in [0.1, 0.15) is 16.7 Å². The van der Waals surface area contributed by atoms with Gasteiger partial charge in [0.05, 0.1) is 10.6 Å². The van der Waals surface area contributed by atoms with Crippen LogP contribution >= 0.6 is 0 Å². The van der Waals surface area contributed by atoms with Crippen molar-refractivity contribution in [2.75, 3.05) is 10.8 Å². The molecule has 0 amide bonds. The number of pyridine rings is 1. The summed E-state index contributed by atoms with van der Waals surface area (Å²) in [5.74, 6) is -0.358. The van der Waals surface area contributed by atoms with E-state index in [0.29, 0.717) is 28.1 Å². The Labute approximate surface area is 190 Å². The third-order valence-electron chi connectivity index (χ3n) is 5.68. The van der Waals surface area contributed by atoms with Crippen LogP contribution in [0.25, 0.3) is 16.9 Å². The number of rotatable bonds is 3. The largest absolute Gasteiger partial charge is 0.493 e. The summed E-state index contributed by atoms with van der Waals surface area (Å²) >= 11 is 0. The highest BCUT2D eigenvalue weighted by molar-refractivity contribution is 7.92. The van der Waals surface area contributed by atoms with Gasteiger partial charge in [-0.2, -0.15) is 5.10 Å². The van der Waals surface area contributed by atoms with Crippen molar-refractivity contribution in [3.8, 4) is 22.8 Å². The minimum Gasteiger partial charge on any atom is -0.493 e. The molecular weight excluding hydrogens is 443 g/mol. The minimum atomic E-state index is -3.89. The first-order chi connectivity index (χ1) is 15.8. The molecule has 9 heteroatoms. The summed E-state index contributed by atoms with van der Waals surface area (Å²) in [5, 5.41) is 15.5. The van der Waals surface area contributed by atoms with Gasteiger partial charge in [0, 0.05) is 23.9 Å². The maximum absolute atomic E-state index is 14.0. The Morgan fingerprint density at radius 3 is 2.52 bits per heavy atom. The molecule has 5 rings (SSSR count). The Kier molecular flexibility index (Phi) is 4.93. The molecule has 1 N–H and O–H groups in total. The summed E-state index contributed by atoms with van der Waals surface area (Å²) in [6.45, 7) is 3.71.